The van der Waals surface area contributed by atoms with Gasteiger partial charge in [-0.25, -0.2) is 0 Å². The molecule has 2 aromatic heterocycles. The molecule has 0 aliphatic carbocycles. The van der Waals surface area contributed by atoms with Crippen LogP contribution in [0, 0.1) is 0 Å². The number of hydrogen-bond donors (Lipinski definition) is 0. The largest absolute Gasteiger partial charge is 0.292 e. The van der Waals surface area contributed by atoms with E-state index in [2.05, 4.69) is 10.1 Å². The zero-order chi connectivity index (χ0) is 14.8. The van der Waals surface area contributed by atoms with Gasteiger partial charge in [0.25, 0.3) is 0 Å². The number of pyridine rings is 1. The molecule has 0 spiro atoms. The minimum absolute atomic E-state index is 0.0572. The van der Waals surface area contributed by atoms with Crippen molar-refractivity contribution in [2.45, 2.75) is 19.9 Å². The summed E-state index contributed by atoms with van der Waals surface area (Å²) in [7, 11) is 0. The van der Waals surface area contributed by atoms with Gasteiger partial charge in [-0.3, -0.25) is 14.5 Å². The van der Waals surface area contributed by atoms with Gasteiger partial charge < -0.3 is 0 Å². The van der Waals surface area contributed by atoms with E-state index in [1.807, 2.05) is 35.9 Å². The van der Waals surface area contributed by atoms with Gasteiger partial charge in [0.05, 0.1) is 22.7 Å². The maximum absolute atomic E-state index is 12.3. The first-order chi connectivity index (χ1) is 10.2. The lowest BCUT2D eigenvalue weighted by molar-refractivity contribution is 0.0987. The van der Waals surface area contributed by atoms with Crippen LogP contribution in [0.4, 0.5) is 0 Å². The van der Waals surface area contributed by atoms with Crippen LogP contribution in [0.5, 0.6) is 0 Å². The molecule has 0 aliphatic rings. The summed E-state index contributed by atoms with van der Waals surface area (Å²) in [6, 6.07) is 11.3. The maximum atomic E-state index is 12.3. The molecule has 1 aromatic carbocycles. The van der Waals surface area contributed by atoms with E-state index in [0.717, 1.165) is 23.1 Å². The van der Waals surface area contributed by atoms with Crippen LogP contribution in [0.1, 0.15) is 23.1 Å². The molecule has 0 saturated carbocycles. The van der Waals surface area contributed by atoms with E-state index >= 15 is 0 Å². The second-order valence-electron chi connectivity index (χ2n) is 4.74. The summed E-state index contributed by atoms with van der Waals surface area (Å²) in [5, 5.41) is 6.07. The number of aromatic nitrogens is 3. The fourth-order valence-electron chi connectivity index (χ4n) is 2.35. The zero-order valence-electron chi connectivity index (χ0n) is 11.6. The highest BCUT2D eigenvalue weighted by molar-refractivity contribution is 6.30. The highest BCUT2D eigenvalue weighted by atomic mass is 35.5. The Bertz CT molecular complexity index is 793. The van der Waals surface area contributed by atoms with Crippen molar-refractivity contribution < 1.29 is 4.79 Å². The molecule has 21 heavy (non-hydrogen) atoms. The van der Waals surface area contributed by atoms with Crippen molar-refractivity contribution in [3.63, 3.8) is 0 Å². The molecule has 0 amide bonds. The monoisotopic (exact) mass is 299 g/mol. The summed E-state index contributed by atoms with van der Waals surface area (Å²) < 4.78 is 1.91. The Balaban J connectivity index is 1.94. The lowest BCUT2D eigenvalue weighted by atomic mass is 10.1. The number of hydrogen-bond acceptors (Lipinski definition) is 3. The topological polar surface area (TPSA) is 47.8 Å². The molecular weight excluding hydrogens is 286 g/mol. The van der Waals surface area contributed by atoms with E-state index in [1.54, 1.807) is 12.1 Å². The van der Waals surface area contributed by atoms with Gasteiger partial charge in [0.1, 0.15) is 5.69 Å². The molecule has 0 N–H and O–H groups in total. The first-order valence-corrected chi connectivity index (χ1v) is 7.16. The van der Waals surface area contributed by atoms with E-state index < -0.39 is 0 Å². The van der Waals surface area contributed by atoms with E-state index in [1.165, 1.54) is 6.20 Å². The van der Waals surface area contributed by atoms with E-state index in [-0.39, 0.29) is 12.2 Å². The molecule has 0 fully saturated rings. The number of aryl methyl sites for hydroxylation is 1. The molecule has 0 aliphatic heterocycles. The van der Waals surface area contributed by atoms with Gasteiger partial charge in [0, 0.05) is 18.1 Å². The van der Waals surface area contributed by atoms with Crippen molar-refractivity contribution in [2.24, 2.45) is 0 Å². The third kappa shape index (κ3) is 2.67. The number of para-hydroxylation sites is 1. The summed E-state index contributed by atoms with van der Waals surface area (Å²) in [5.74, 6) is -0.0572. The van der Waals surface area contributed by atoms with Crippen molar-refractivity contribution in [1.29, 1.82) is 0 Å². The first kappa shape index (κ1) is 13.8. The number of carbonyl (C=O) groups is 1. The molecule has 4 nitrogen and oxygen atoms in total. The Kier molecular flexibility index (Phi) is 3.71. The standard InChI is InChI=1S/C16H14ClN3O/c1-2-20-15-6-4-3-5-12(15)14(19-20)9-16(21)13-8-7-11(17)10-18-13/h3-8,10H,2,9H2,1H3. The lowest BCUT2D eigenvalue weighted by Gasteiger charge is -1.99. The summed E-state index contributed by atoms with van der Waals surface area (Å²) in [5.41, 5.74) is 2.25. The fraction of sp³-hybridized carbons (Fsp3) is 0.188. The quantitative estimate of drug-likeness (QED) is 0.692. The number of carbonyl (C=O) groups excluding carboxylic acids is 1. The van der Waals surface area contributed by atoms with Crippen LogP contribution in [-0.2, 0) is 13.0 Å². The summed E-state index contributed by atoms with van der Waals surface area (Å²) in [4.78, 5) is 16.4. The Hall–Kier alpha value is -2.20. The van der Waals surface area contributed by atoms with Crippen LogP contribution in [0.15, 0.2) is 42.6 Å². The van der Waals surface area contributed by atoms with Crippen molar-refractivity contribution in [1.82, 2.24) is 14.8 Å². The average Bonchev–Trinajstić information content (AvgIpc) is 2.86. The third-order valence-electron chi connectivity index (χ3n) is 3.38. The van der Waals surface area contributed by atoms with Crippen LogP contribution < -0.4 is 0 Å². The van der Waals surface area contributed by atoms with Crippen LogP contribution in [0.3, 0.4) is 0 Å². The molecule has 106 valence electrons. The Morgan fingerprint density at radius 2 is 2.05 bits per heavy atom. The summed E-state index contributed by atoms with van der Waals surface area (Å²) in [6.07, 6.45) is 1.72. The minimum Gasteiger partial charge on any atom is -0.292 e. The second kappa shape index (κ2) is 5.66. The summed E-state index contributed by atoms with van der Waals surface area (Å²) >= 11 is 5.79. The Labute approximate surface area is 127 Å². The van der Waals surface area contributed by atoms with Crippen LogP contribution in [0.25, 0.3) is 10.9 Å². The number of fused-ring (bicyclic) bond motifs is 1. The molecular formula is C16H14ClN3O. The maximum Gasteiger partial charge on any atom is 0.187 e. The number of rotatable bonds is 4. The molecule has 0 unspecified atom stereocenters. The molecule has 0 saturated heterocycles. The van der Waals surface area contributed by atoms with E-state index in [0.29, 0.717) is 10.7 Å². The highest BCUT2D eigenvalue weighted by Gasteiger charge is 2.15. The molecule has 0 radical (unpaired) electrons. The SMILES string of the molecule is CCn1nc(CC(=O)c2ccc(Cl)cn2)c2ccccc21. The lowest BCUT2D eigenvalue weighted by Crippen LogP contribution is -2.07. The van der Waals surface area contributed by atoms with Gasteiger partial charge in [-0.2, -0.15) is 5.10 Å². The predicted octanol–water partition coefficient (Wildman–Crippen LogP) is 3.53. The van der Waals surface area contributed by atoms with Gasteiger partial charge in [0.2, 0.25) is 0 Å². The number of ketones is 1. The predicted molar refractivity (Wildman–Crippen MR) is 82.7 cm³/mol. The Morgan fingerprint density at radius 1 is 1.24 bits per heavy atom. The fourth-order valence-corrected chi connectivity index (χ4v) is 2.46. The van der Waals surface area contributed by atoms with Crippen LogP contribution in [-0.4, -0.2) is 20.5 Å². The van der Waals surface area contributed by atoms with Gasteiger partial charge in [-0.15, -0.1) is 0 Å². The smallest absolute Gasteiger partial charge is 0.187 e. The molecule has 0 bridgehead atoms. The van der Waals surface area contributed by atoms with Crippen molar-refractivity contribution >= 4 is 28.3 Å². The number of Topliss-reactive ketones (excluding diaryl/α,β-unsaturated/α-hetero) is 1. The molecule has 2 heterocycles. The van der Waals surface area contributed by atoms with E-state index in [4.69, 9.17) is 11.6 Å². The van der Waals surface area contributed by atoms with Gasteiger partial charge in [-0.05, 0) is 25.1 Å². The van der Waals surface area contributed by atoms with Crippen molar-refractivity contribution in [2.75, 3.05) is 0 Å². The normalized spacial score (nSPS) is 11.0. The number of halogens is 1. The molecule has 3 aromatic rings. The third-order valence-corrected chi connectivity index (χ3v) is 3.60. The van der Waals surface area contributed by atoms with Crippen LogP contribution >= 0.6 is 11.6 Å². The Morgan fingerprint density at radius 3 is 2.76 bits per heavy atom. The number of benzene rings is 1. The number of nitrogens with zero attached hydrogens (tertiary/aromatic N) is 3. The van der Waals surface area contributed by atoms with Crippen LogP contribution in [0.2, 0.25) is 5.02 Å². The van der Waals surface area contributed by atoms with Gasteiger partial charge >= 0.3 is 0 Å². The molecule has 3 rings (SSSR count). The van der Waals surface area contributed by atoms with Gasteiger partial charge in [0.15, 0.2) is 5.78 Å². The first-order valence-electron chi connectivity index (χ1n) is 6.78. The van der Waals surface area contributed by atoms with Crippen molar-refractivity contribution in [3.8, 4) is 0 Å². The zero-order valence-corrected chi connectivity index (χ0v) is 12.3. The average molecular weight is 300 g/mol. The molecule has 0 atom stereocenters. The molecule has 5 heteroatoms. The van der Waals surface area contributed by atoms with Gasteiger partial charge in [-0.1, -0.05) is 29.8 Å². The summed E-state index contributed by atoms with van der Waals surface area (Å²) in [6.45, 7) is 2.81. The minimum atomic E-state index is -0.0572. The second-order valence-corrected chi connectivity index (χ2v) is 5.18. The van der Waals surface area contributed by atoms with E-state index in [9.17, 15) is 4.79 Å². The van der Waals surface area contributed by atoms with Crippen molar-refractivity contribution in [3.05, 3.63) is 59.0 Å². The highest BCUT2D eigenvalue weighted by Crippen LogP contribution is 2.20.